The predicted octanol–water partition coefficient (Wildman–Crippen LogP) is 2.91. The van der Waals surface area contributed by atoms with Gasteiger partial charge in [-0.15, -0.1) is 11.3 Å². The molecule has 4 rings (SSSR count). The zero-order valence-electron chi connectivity index (χ0n) is 13.6. The summed E-state index contributed by atoms with van der Waals surface area (Å²) < 4.78 is 1.41. The summed E-state index contributed by atoms with van der Waals surface area (Å²) in [7, 11) is 0. The minimum absolute atomic E-state index is 0.0339. The van der Waals surface area contributed by atoms with Gasteiger partial charge in [-0.05, 0) is 18.1 Å². The Hall–Kier alpha value is -2.73. The molecule has 1 aliphatic heterocycles. The summed E-state index contributed by atoms with van der Waals surface area (Å²) in [5, 5.41) is 0.567. The molecule has 1 aromatic carbocycles. The number of carbonyl (C=O) groups is 1. The molecule has 2 aromatic heterocycles. The molecule has 25 heavy (non-hydrogen) atoms. The van der Waals surface area contributed by atoms with Crippen molar-refractivity contribution >= 4 is 27.5 Å². The summed E-state index contributed by atoms with van der Waals surface area (Å²) in [5.41, 5.74) is 0.900. The first-order chi connectivity index (χ1) is 12.2. The van der Waals surface area contributed by atoms with Crippen LogP contribution < -0.4 is 5.56 Å². The molecule has 0 unspecified atom stereocenters. The lowest BCUT2D eigenvalue weighted by atomic mass is 10.2. The quantitative estimate of drug-likeness (QED) is 0.682. The van der Waals surface area contributed by atoms with E-state index in [4.69, 9.17) is 0 Å². The number of aromatic nitrogens is 2. The van der Waals surface area contributed by atoms with Crippen LogP contribution in [0.1, 0.15) is 6.42 Å². The molecule has 5 nitrogen and oxygen atoms in total. The molecule has 0 fully saturated rings. The van der Waals surface area contributed by atoms with Crippen molar-refractivity contribution in [2.24, 2.45) is 0 Å². The topological polar surface area (TPSA) is 55.2 Å². The minimum Gasteiger partial charge on any atom is -0.337 e. The number of fused-ring (bicyclic) bond motifs is 1. The number of carbonyl (C=O) groups excluding carboxylic acids is 1. The van der Waals surface area contributed by atoms with Crippen LogP contribution in [0.15, 0.2) is 59.7 Å². The molecule has 1 amide bonds. The molecule has 1 aliphatic rings. The third kappa shape index (κ3) is 3.13. The van der Waals surface area contributed by atoms with Gasteiger partial charge in [-0.2, -0.15) is 0 Å². The fraction of sp³-hybridized carbons (Fsp3) is 0.211. The zero-order chi connectivity index (χ0) is 17.2. The molecule has 0 atom stereocenters. The van der Waals surface area contributed by atoms with Gasteiger partial charge in [-0.3, -0.25) is 14.2 Å². The van der Waals surface area contributed by atoms with E-state index in [0.29, 0.717) is 23.3 Å². The maximum absolute atomic E-state index is 12.7. The first-order valence-corrected chi connectivity index (χ1v) is 9.01. The zero-order valence-corrected chi connectivity index (χ0v) is 14.4. The summed E-state index contributed by atoms with van der Waals surface area (Å²) in [6.45, 7) is 1.35. The average molecular weight is 351 g/mol. The van der Waals surface area contributed by atoms with Gasteiger partial charge in [0.25, 0.3) is 5.56 Å². The SMILES string of the molecule is O=C(Cn1cnc2sc(-c3ccccc3)cc2c1=O)N1CC=CCC1. The monoisotopic (exact) mass is 351 g/mol. The molecule has 3 aromatic rings. The second-order valence-electron chi connectivity index (χ2n) is 5.97. The van der Waals surface area contributed by atoms with Gasteiger partial charge in [-0.1, -0.05) is 42.5 Å². The van der Waals surface area contributed by atoms with Gasteiger partial charge in [0.05, 0.1) is 11.7 Å². The molecular formula is C19H17N3O2S. The van der Waals surface area contributed by atoms with Crippen LogP contribution in [-0.2, 0) is 11.3 Å². The van der Waals surface area contributed by atoms with Gasteiger partial charge < -0.3 is 4.90 Å². The summed E-state index contributed by atoms with van der Waals surface area (Å²) in [4.78, 5) is 33.0. The highest BCUT2D eigenvalue weighted by molar-refractivity contribution is 7.21. The van der Waals surface area contributed by atoms with Crippen molar-refractivity contribution in [1.29, 1.82) is 0 Å². The summed E-state index contributed by atoms with van der Waals surface area (Å²) in [6.07, 6.45) is 6.40. The number of thiophene rings is 1. The van der Waals surface area contributed by atoms with E-state index in [9.17, 15) is 9.59 Å². The van der Waals surface area contributed by atoms with Crippen LogP contribution >= 0.6 is 11.3 Å². The van der Waals surface area contributed by atoms with E-state index >= 15 is 0 Å². The highest BCUT2D eigenvalue weighted by Crippen LogP contribution is 2.30. The molecule has 126 valence electrons. The van der Waals surface area contributed by atoms with Crippen molar-refractivity contribution in [3.05, 3.63) is 65.2 Å². The Balaban J connectivity index is 1.65. The Bertz CT molecular complexity index is 1000. The van der Waals surface area contributed by atoms with Crippen LogP contribution in [0.3, 0.4) is 0 Å². The number of hydrogen-bond donors (Lipinski definition) is 0. The smallest absolute Gasteiger partial charge is 0.262 e. The van der Waals surface area contributed by atoms with Crippen LogP contribution in [0, 0.1) is 0 Å². The van der Waals surface area contributed by atoms with E-state index in [1.54, 1.807) is 4.90 Å². The third-order valence-electron chi connectivity index (χ3n) is 4.29. The van der Waals surface area contributed by atoms with E-state index in [-0.39, 0.29) is 18.0 Å². The Morgan fingerprint density at radius 3 is 2.80 bits per heavy atom. The Labute approximate surface area is 148 Å². The summed E-state index contributed by atoms with van der Waals surface area (Å²) in [5.74, 6) is -0.0499. The number of amides is 1. The average Bonchev–Trinajstić information content (AvgIpc) is 3.11. The molecule has 0 saturated heterocycles. The van der Waals surface area contributed by atoms with Crippen molar-refractivity contribution < 1.29 is 4.79 Å². The lowest BCUT2D eigenvalue weighted by molar-refractivity contribution is -0.131. The molecule has 6 heteroatoms. The van der Waals surface area contributed by atoms with Gasteiger partial charge >= 0.3 is 0 Å². The van der Waals surface area contributed by atoms with Gasteiger partial charge in [0.15, 0.2) is 0 Å². The van der Waals surface area contributed by atoms with E-state index in [2.05, 4.69) is 11.1 Å². The number of benzene rings is 1. The predicted molar refractivity (Wildman–Crippen MR) is 99.7 cm³/mol. The first-order valence-electron chi connectivity index (χ1n) is 8.19. The van der Waals surface area contributed by atoms with Crippen LogP contribution in [0.4, 0.5) is 0 Å². The van der Waals surface area contributed by atoms with E-state index in [0.717, 1.165) is 16.9 Å². The normalized spacial score (nSPS) is 14.2. The minimum atomic E-state index is -0.163. The molecule has 0 saturated carbocycles. The molecule has 3 heterocycles. The van der Waals surface area contributed by atoms with Crippen molar-refractivity contribution in [3.8, 4) is 10.4 Å². The Morgan fingerprint density at radius 1 is 1.20 bits per heavy atom. The van der Waals surface area contributed by atoms with Crippen LogP contribution in [0.2, 0.25) is 0 Å². The number of nitrogens with zero attached hydrogens (tertiary/aromatic N) is 3. The highest BCUT2D eigenvalue weighted by atomic mass is 32.1. The molecule has 0 aliphatic carbocycles. The highest BCUT2D eigenvalue weighted by Gasteiger charge is 2.16. The van der Waals surface area contributed by atoms with Crippen LogP contribution in [0.5, 0.6) is 0 Å². The van der Waals surface area contributed by atoms with Crippen molar-refractivity contribution in [2.45, 2.75) is 13.0 Å². The van der Waals surface area contributed by atoms with Gasteiger partial charge in [0.2, 0.25) is 5.91 Å². The maximum atomic E-state index is 12.7. The number of hydrogen-bond acceptors (Lipinski definition) is 4. The lowest BCUT2D eigenvalue weighted by Crippen LogP contribution is -2.38. The summed E-state index contributed by atoms with van der Waals surface area (Å²) in [6, 6.07) is 11.8. The maximum Gasteiger partial charge on any atom is 0.262 e. The second-order valence-corrected chi connectivity index (χ2v) is 7.00. The van der Waals surface area contributed by atoms with Crippen LogP contribution in [0.25, 0.3) is 20.7 Å². The van der Waals surface area contributed by atoms with Crippen LogP contribution in [-0.4, -0.2) is 33.4 Å². The van der Waals surface area contributed by atoms with Gasteiger partial charge in [-0.25, -0.2) is 4.98 Å². The largest absolute Gasteiger partial charge is 0.337 e. The molecule has 0 bridgehead atoms. The van der Waals surface area contributed by atoms with Crippen molar-refractivity contribution in [3.63, 3.8) is 0 Å². The fourth-order valence-electron chi connectivity index (χ4n) is 2.93. The molecular weight excluding hydrogens is 334 g/mol. The van der Waals surface area contributed by atoms with Crippen molar-refractivity contribution in [2.75, 3.05) is 13.1 Å². The number of rotatable bonds is 3. The summed E-state index contributed by atoms with van der Waals surface area (Å²) >= 11 is 1.49. The lowest BCUT2D eigenvalue weighted by Gasteiger charge is -2.23. The van der Waals surface area contributed by atoms with E-state index < -0.39 is 0 Å². The molecule has 0 spiro atoms. The van der Waals surface area contributed by atoms with Gasteiger partial charge in [0, 0.05) is 18.0 Å². The third-order valence-corrected chi connectivity index (χ3v) is 5.39. The molecule has 0 radical (unpaired) electrons. The van der Waals surface area contributed by atoms with Crippen molar-refractivity contribution in [1.82, 2.24) is 14.5 Å². The Morgan fingerprint density at radius 2 is 2.04 bits per heavy atom. The van der Waals surface area contributed by atoms with Gasteiger partial charge in [0.1, 0.15) is 11.4 Å². The van der Waals surface area contributed by atoms with E-state index in [1.165, 1.54) is 22.2 Å². The fourth-order valence-corrected chi connectivity index (χ4v) is 3.93. The Kier molecular flexibility index (Phi) is 4.19. The standard InChI is InChI=1S/C19H17N3O2S/c23-17(21-9-5-2-6-10-21)12-22-13-20-18-15(19(22)24)11-16(25-18)14-7-3-1-4-8-14/h1-5,7-8,11,13H,6,9-10,12H2. The van der Waals surface area contributed by atoms with E-state index in [1.807, 2.05) is 42.5 Å². The second kappa shape index (κ2) is 6.64. The molecule has 0 N–H and O–H groups in total. The first kappa shape index (κ1) is 15.8.